The van der Waals surface area contributed by atoms with E-state index in [1.54, 1.807) is 19.1 Å². The zero-order valence-corrected chi connectivity index (χ0v) is 15.9. The van der Waals surface area contributed by atoms with E-state index in [4.69, 9.17) is 9.47 Å². The fourth-order valence-electron chi connectivity index (χ4n) is 4.42. The molecule has 144 valence electrons. The molecule has 26 heavy (non-hydrogen) atoms. The lowest BCUT2D eigenvalue weighted by Gasteiger charge is -2.35. The molecule has 0 saturated heterocycles. The van der Waals surface area contributed by atoms with Crippen LogP contribution in [-0.4, -0.2) is 12.7 Å². The largest absolute Gasteiger partial charge is 0.498 e. The van der Waals surface area contributed by atoms with Crippen LogP contribution in [0.4, 0.5) is 8.78 Å². The van der Waals surface area contributed by atoms with Gasteiger partial charge in [0.25, 0.3) is 0 Å². The second-order valence-corrected chi connectivity index (χ2v) is 7.56. The van der Waals surface area contributed by atoms with Gasteiger partial charge in [0.15, 0.2) is 11.6 Å². The van der Waals surface area contributed by atoms with Crippen LogP contribution in [0.2, 0.25) is 0 Å². The Morgan fingerprint density at radius 3 is 2.42 bits per heavy atom. The van der Waals surface area contributed by atoms with Gasteiger partial charge in [-0.1, -0.05) is 19.4 Å². The molecule has 1 saturated carbocycles. The third-order valence-electron chi connectivity index (χ3n) is 5.84. The van der Waals surface area contributed by atoms with Crippen molar-refractivity contribution in [2.75, 3.05) is 6.61 Å². The van der Waals surface area contributed by atoms with Gasteiger partial charge in [-0.15, -0.1) is 0 Å². The lowest BCUT2D eigenvalue weighted by Crippen LogP contribution is -2.28. The maximum atomic E-state index is 14.4. The number of hydrogen-bond acceptors (Lipinski definition) is 2. The van der Waals surface area contributed by atoms with Crippen LogP contribution in [0.5, 0.6) is 5.75 Å². The van der Waals surface area contributed by atoms with E-state index in [0.717, 1.165) is 51.4 Å². The molecular weight excluding hydrogens is 334 g/mol. The van der Waals surface area contributed by atoms with E-state index in [1.165, 1.54) is 5.57 Å². The SMILES string of the molecule is CCCC1=COC(C2CCC(c3ccc(OCC)c(F)c3F)CC2)CC1. The fraction of sp³-hybridized carbons (Fsp3) is 0.636. The summed E-state index contributed by atoms with van der Waals surface area (Å²) in [6, 6.07) is 3.26. The van der Waals surface area contributed by atoms with Gasteiger partial charge in [-0.05, 0) is 80.9 Å². The van der Waals surface area contributed by atoms with E-state index in [9.17, 15) is 8.78 Å². The second kappa shape index (κ2) is 8.88. The van der Waals surface area contributed by atoms with Crippen molar-refractivity contribution in [2.45, 2.75) is 77.2 Å². The number of benzene rings is 1. The Hall–Kier alpha value is -1.58. The van der Waals surface area contributed by atoms with Gasteiger partial charge in [-0.2, -0.15) is 4.39 Å². The highest BCUT2D eigenvalue weighted by atomic mass is 19.2. The molecule has 0 N–H and O–H groups in total. The third-order valence-corrected chi connectivity index (χ3v) is 5.84. The number of rotatable bonds is 6. The molecule has 1 heterocycles. The summed E-state index contributed by atoms with van der Waals surface area (Å²) in [4.78, 5) is 0. The van der Waals surface area contributed by atoms with Crippen LogP contribution in [0.1, 0.15) is 76.7 Å². The molecule has 1 aliphatic carbocycles. The van der Waals surface area contributed by atoms with Gasteiger partial charge in [0.05, 0.1) is 12.9 Å². The van der Waals surface area contributed by atoms with Gasteiger partial charge in [-0.3, -0.25) is 0 Å². The first-order valence-electron chi connectivity index (χ1n) is 10.1. The van der Waals surface area contributed by atoms with Crippen molar-refractivity contribution in [1.82, 2.24) is 0 Å². The molecule has 0 spiro atoms. The van der Waals surface area contributed by atoms with Gasteiger partial charge in [0.2, 0.25) is 5.82 Å². The van der Waals surface area contributed by atoms with E-state index in [2.05, 4.69) is 6.92 Å². The summed E-state index contributed by atoms with van der Waals surface area (Å²) >= 11 is 0. The Morgan fingerprint density at radius 2 is 1.81 bits per heavy atom. The molecule has 1 atom stereocenters. The normalized spacial score (nSPS) is 26.2. The molecule has 2 nitrogen and oxygen atoms in total. The van der Waals surface area contributed by atoms with Crippen LogP contribution < -0.4 is 4.74 Å². The Morgan fingerprint density at radius 1 is 1.04 bits per heavy atom. The fourth-order valence-corrected chi connectivity index (χ4v) is 4.42. The highest BCUT2D eigenvalue weighted by Crippen LogP contribution is 2.41. The van der Waals surface area contributed by atoms with Crippen molar-refractivity contribution in [3.63, 3.8) is 0 Å². The molecule has 1 fully saturated rings. The van der Waals surface area contributed by atoms with Gasteiger partial charge in [0.1, 0.15) is 6.10 Å². The van der Waals surface area contributed by atoms with Crippen LogP contribution in [-0.2, 0) is 4.74 Å². The predicted octanol–water partition coefficient (Wildman–Crippen LogP) is 6.50. The minimum atomic E-state index is -0.851. The first kappa shape index (κ1) is 19.2. The number of allylic oxidation sites excluding steroid dienone is 1. The van der Waals surface area contributed by atoms with E-state index in [-0.39, 0.29) is 11.7 Å². The molecule has 0 aromatic heterocycles. The molecule has 1 unspecified atom stereocenters. The van der Waals surface area contributed by atoms with E-state index in [0.29, 0.717) is 24.2 Å². The van der Waals surface area contributed by atoms with Crippen LogP contribution in [0.3, 0.4) is 0 Å². The van der Waals surface area contributed by atoms with Crippen molar-refractivity contribution in [3.05, 3.63) is 41.2 Å². The molecule has 1 aromatic rings. The Labute approximate surface area is 155 Å². The van der Waals surface area contributed by atoms with Gasteiger partial charge in [-0.25, -0.2) is 4.39 Å². The smallest absolute Gasteiger partial charge is 0.200 e. The first-order chi connectivity index (χ1) is 12.6. The molecule has 3 rings (SSSR count). The van der Waals surface area contributed by atoms with Gasteiger partial charge < -0.3 is 9.47 Å². The molecular formula is C22H30F2O2. The minimum absolute atomic E-state index is 0.00714. The van der Waals surface area contributed by atoms with Crippen molar-refractivity contribution in [2.24, 2.45) is 5.92 Å². The number of halogens is 2. The predicted molar refractivity (Wildman–Crippen MR) is 99.3 cm³/mol. The zero-order chi connectivity index (χ0) is 18.5. The lowest BCUT2D eigenvalue weighted by molar-refractivity contribution is 0.0444. The van der Waals surface area contributed by atoms with E-state index in [1.807, 2.05) is 6.26 Å². The number of ether oxygens (including phenoxy) is 2. The molecule has 0 bridgehead atoms. The minimum Gasteiger partial charge on any atom is -0.498 e. The third kappa shape index (κ3) is 4.21. The summed E-state index contributed by atoms with van der Waals surface area (Å²) in [6.45, 7) is 4.29. The topological polar surface area (TPSA) is 18.5 Å². The maximum absolute atomic E-state index is 14.4. The molecule has 4 heteroatoms. The molecule has 1 aromatic carbocycles. The average Bonchev–Trinajstić information content (AvgIpc) is 2.67. The molecule has 2 aliphatic rings. The van der Waals surface area contributed by atoms with Gasteiger partial charge >= 0.3 is 0 Å². The Kier molecular flexibility index (Phi) is 6.55. The van der Waals surface area contributed by atoms with Crippen LogP contribution in [0.15, 0.2) is 24.0 Å². The summed E-state index contributed by atoms with van der Waals surface area (Å²) < 4.78 is 39.7. The first-order valence-corrected chi connectivity index (χ1v) is 10.1. The summed E-state index contributed by atoms with van der Waals surface area (Å²) in [5.41, 5.74) is 1.92. The van der Waals surface area contributed by atoms with Crippen molar-refractivity contribution >= 4 is 0 Å². The molecule has 0 radical (unpaired) electrons. The highest BCUT2D eigenvalue weighted by molar-refractivity contribution is 5.33. The van der Waals surface area contributed by atoms with Crippen LogP contribution in [0.25, 0.3) is 0 Å². The van der Waals surface area contributed by atoms with Crippen LogP contribution in [0, 0.1) is 17.6 Å². The summed E-state index contributed by atoms with van der Waals surface area (Å²) in [5, 5.41) is 0. The zero-order valence-electron chi connectivity index (χ0n) is 15.9. The van der Waals surface area contributed by atoms with E-state index >= 15 is 0 Å². The highest BCUT2D eigenvalue weighted by Gasteiger charge is 2.32. The Bertz CT molecular complexity index is 633. The summed E-state index contributed by atoms with van der Waals surface area (Å²) in [7, 11) is 0. The summed E-state index contributed by atoms with van der Waals surface area (Å²) in [5.74, 6) is -0.962. The monoisotopic (exact) mass is 364 g/mol. The maximum Gasteiger partial charge on any atom is 0.200 e. The lowest BCUT2D eigenvalue weighted by atomic mass is 9.75. The Balaban J connectivity index is 1.58. The number of hydrogen-bond donors (Lipinski definition) is 0. The van der Waals surface area contributed by atoms with Crippen molar-refractivity contribution < 1.29 is 18.3 Å². The van der Waals surface area contributed by atoms with E-state index < -0.39 is 11.6 Å². The quantitative estimate of drug-likeness (QED) is 0.573. The molecule has 1 aliphatic heterocycles. The molecule has 0 amide bonds. The summed E-state index contributed by atoms with van der Waals surface area (Å²) in [6.07, 6.45) is 10.6. The van der Waals surface area contributed by atoms with Crippen molar-refractivity contribution in [1.29, 1.82) is 0 Å². The average molecular weight is 364 g/mol. The van der Waals surface area contributed by atoms with Crippen LogP contribution >= 0.6 is 0 Å². The van der Waals surface area contributed by atoms with Crippen molar-refractivity contribution in [3.8, 4) is 5.75 Å². The van der Waals surface area contributed by atoms with Gasteiger partial charge in [0, 0.05) is 0 Å². The second-order valence-electron chi connectivity index (χ2n) is 7.56. The standard InChI is InChI=1S/C22H30F2O2/c1-3-5-15-6-12-19(26-14-15)17-9-7-16(8-10-17)18-11-13-20(25-4-2)22(24)21(18)23/h11,13-14,16-17,19H,3-10,12H2,1-2H3.